The Morgan fingerprint density at radius 1 is 1.22 bits per heavy atom. The number of amides is 1. The monoisotopic (exact) mass is 266 g/mol. The predicted molar refractivity (Wildman–Crippen MR) is 73.8 cm³/mol. The van der Waals surface area contributed by atoms with Gasteiger partial charge < -0.3 is 11.1 Å². The Kier molecular flexibility index (Phi) is 4.61. The van der Waals surface area contributed by atoms with Crippen molar-refractivity contribution in [2.45, 2.75) is 44.2 Å². The molecule has 2 unspecified atom stereocenters. The smallest absolute Gasteiger partial charge is 0.253 e. The van der Waals surface area contributed by atoms with Gasteiger partial charge in [-0.15, -0.1) is 0 Å². The fraction of sp³-hybridized carbons (Fsp3) is 0.500. The standard InChI is InChI=1S/C14H19ClN2O/c15-11-7-5-4-6-10(11)14(18)17-13-9-3-1-2-8-12(13)16/h4-7,12-13H,1-3,8-9,16H2,(H,17,18). The third-order valence-electron chi connectivity index (χ3n) is 3.50. The van der Waals surface area contributed by atoms with Crippen molar-refractivity contribution in [1.82, 2.24) is 5.32 Å². The van der Waals surface area contributed by atoms with Crippen molar-refractivity contribution in [2.24, 2.45) is 5.73 Å². The fourth-order valence-electron chi connectivity index (χ4n) is 2.41. The number of nitrogens with two attached hydrogens (primary N) is 1. The predicted octanol–water partition coefficient (Wildman–Crippen LogP) is 2.73. The van der Waals surface area contributed by atoms with Gasteiger partial charge in [0.15, 0.2) is 0 Å². The van der Waals surface area contributed by atoms with Gasteiger partial charge in [-0.3, -0.25) is 4.79 Å². The highest BCUT2D eigenvalue weighted by atomic mass is 35.5. The normalized spacial score (nSPS) is 24.3. The maximum absolute atomic E-state index is 12.1. The first-order valence-corrected chi connectivity index (χ1v) is 6.87. The van der Waals surface area contributed by atoms with E-state index in [0.29, 0.717) is 10.6 Å². The fourth-order valence-corrected chi connectivity index (χ4v) is 2.63. The maximum Gasteiger partial charge on any atom is 0.253 e. The van der Waals surface area contributed by atoms with Gasteiger partial charge >= 0.3 is 0 Å². The molecule has 1 aromatic rings. The molecule has 1 fully saturated rings. The molecule has 0 bridgehead atoms. The van der Waals surface area contributed by atoms with Gasteiger partial charge in [0.05, 0.1) is 10.6 Å². The Morgan fingerprint density at radius 2 is 1.94 bits per heavy atom. The molecule has 3 nitrogen and oxygen atoms in total. The van der Waals surface area contributed by atoms with Crippen LogP contribution in [0.25, 0.3) is 0 Å². The molecule has 18 heavy (non-hydrogen) atoms. The molecule has 3 N–H and O–H groups in total. The lowest BCUT2D eigenvalue weighted by Gasteiger charge is -2.22. The van der Waals surface area contributed by atoms with Gasteiger partial charge in [-0.1, -0.05) is 43.0 Å². The molecular formula is C14H19ClN2O. The summed E-state index contributed by atoms with van der Waals surface area (Å²) in [7, 11) is 0. The van der Waals surface area contributed by atoms with Crippen LogP contribution in [0.2, 0.25) is 5.02 Å². The molecule has 0 aliphatic heterocycles. The van der Waals surface area contributed by atoms with Gasteiger partial charge in [-0.25, -0.2) is 0 Å². The number of carbonyl (C=O) groups is 1. The van der Waals surface area contributed by atoms with Crippen LogP contribution in [0.5, 0.6) is 0 Å². The Hall–Kier alpha value is -1.06. The van der Waals surface area contributed by atoms with Crippen molar-refractivity contribution in [3.05, 3.63) is 34.9 Å². The average Bonchev–Trinajstić information content (AvgIpc) is 2.55. The molecule has 1 aliphatic rings. The second kappa shape index (κ2) is 6.21. The summed E-state index contributed by atoms with van der Waals surface area (Å²) in [4.78, 5) is 12.1. The Bertz CT molecular complexity index is 422. The molecule has 0 radical (unpaired) electrons. The number of hydrogen-bond acceptors (Lipinski definition) is 2. The third-order valence-corrected chi connectivity index (χ3v) is 3.83. The van der Waals surface area contributed by atoms with Crippen LogP contribution in [0.15, 0.2) is 24.3 Å². The number of hydrogen-bond donors (Lipinski definition) is 2. The summed E-state index contributed by atoms with van der Waals surface area (Å²) in [6, 6.07) is 7.21. The molecular weight excluding hydrogens is 248 g/mol. The largest absolute Gasteiger partial charge is 0.348 e. The van der Waals surface area contributed by atoms with Crippen LogP contribution in [-0.2, 0) is 0 Å². The minimum atomic E-state index is -0.122. The Labute approximate surface area is 113 Å². The van der Waals surface area contributed by atoms with Crippen molar-refractivity contribution in [2.75, 3.05) is 0 Å². The summed E-state index contributed by atoms with van der Waals surface area (Å²) in [5, 5.41) is 3.50. The van der Waals surface area contributed by atoms with Gasteiger partial charge in [-0.05, 0) is 25.0 Å². The van der Waals surface area contributed by atoms with Crippen molar-refractivity contribution in [1.29, 1.82) is 0 Å². The second-order valence-corrected chi connectivity index (χ2v) is 5.27. The van der Waals surface area contributed by atoms with Crippen LogP contribution in [0, 0.1) is 0 Å². The van der Waals surface area contributed by atoms with E-state index in [0.717, 1.165) is 25.7 Å². The summed E-state index contributed by atoms with van der Waals surface area (Å²) >= 11 is 6.01. The summed E-state index contributed by atoms with van der Waals surface area (Å²) in [6.07, 6.45) is 5.41. The van der Waals surface area contributed by atoms with Crippen LogP contribution in [-0.4, -0.2) is 18.0 Å². The topological polar surface area (TPSA) is 55.1 Å². The van der Waals surface area contributed by atoms with Gasteiger partial charge in [0.1, 0.15) is 0 Å². The van der Waals surface area contributed by atoms with E-state index in [1.807, 2.05) is 12.1 Å². The molecule has 1 amide bonds. The van der Waals surface area contributed by atoms with E-state index in [-0.39, 0.29) is 18.0 Å². The molecule has 2 atom stereocenters. The lowest BCUT2D eigenvalue weighted by Crippen LogP contribution is -2.47. The summed E-state index contributed by atoms with van der Waals surface area (Å²) < 4.78 is 0. The molecule has 1 saturated carbocycles. The quantitative estimate of drug-likeness (QED) is 0.809. The van der Waals surface area contributed by atoms with E-state index in [1.165, 1.54) is 6.42 Å². The van der Waals surface area contributed by atoms with Gasteiger partial charge in [0, 0.05) is 12.1 Å². The average molecular weight is 267 g/mol. The third kappa shape index (κ3) is 3.24. The van der Waals surface area contributed by atoms with E-state index < -0.39 is 0 Å². The van der Waals surface area contributed by atoms with Crippen molar-refractivity contribution >= 4 is 17.5 Å². The molecule has 2 rings (SSSR count). The number of halogens is 1. The first kappa shape index (κ1) is 13.4. The van der Waals surface area contributed by atoms with E-state index >= 15 is 0 Å². The number of benzene rings is 1. The highest BCUT2D eigenvalue weighted by molar-refractivity contribution is 6.33. The van der Waals surface area contributed by atoms with E-state index in [9.17, 15) is 4.79 Å². The number of nitrogens with one attached hydrogen (secondary N) is 1. The van der Waals surface area contributed by atoms with E-state index in [1.54, 1.807) is 12.1 Å². The highest BCUT2D eigenvalue weighted by Crippen LogP contribution is 2.19. The lowest BCUT2D eigenvalue weighted by atomic mass is 10.0. The number of carbonyl (C=O) groups excluding carboxylic acids is 1. The zero-order chi connectivity index (χ0) is 13.0. The maximum atomic E-state index is 12.1. The van der Waals surface area contributed by atoms with Gasteiger partial charge in [0.25, 0.3) is 5.91 Å². The SMILES string of the molecule is NC1CCCCCC1NC(=O)c1ccccc1Cl. The summed E-state index contributed by atoms with van der Waals surface area (Å²) in [5.41, 5.74) is 6.62. The van der Waals surface area contributed by atoms with Crippen LogP contribution in [0.1, 0.15) is 42.5 Å². The van der Waals surface area contributed by atoms with Crippen LogP contribution in [0.4, 0.5) is 0 Å². The van der Waals surface area contributed by atoms with Crippen molar-refractivity contribution < 1.29 is 4.79 Å². The van der Waals surface area contributed by atoms with Gasteiger partial charge in [0.2, 0.25) is 0 Å². The minimum Gasteiger partial charge on any atom is -0.348 e. The lowest BCUT2D eigenvalue weighted by molar-refractivity contribution is 0.0929. The summed E-state index contributed by atoms with van der Waals surface area (Å²) in [5.74, 6) is -0.122. The number of rotatable bonds is 2. The molecule has 0 aromatic heterocycles. The molecule has 0 heterocycles. The van der Waals surface area contributed by atoms with Crippen LogP contribution >= 0.6 is 11.6 Å². The molecule has 4 heteroatoms. The van der Waals surface area contributed by atoms with E-state index in [4.69, 9.17) is 17.3 Å². The first-order chi connectivity index (χ1) is 8.68. The van der Waals surface area contributed by atoms with Crippen molar-refractivity contribution in [3.63, 3.8) is 0 Å². The van der Waals surface area contributed by atoms with E-state index in [2.05, 4.69) is 5.32 Å². The molecule has 1 aliphatic carbocycles. The molecule has 98 valence electrons. The van der Waals surface area contributed by atoms with Crippen molar-refractivity contribution in [3.8, 4) is 0 Å². The summed E-state index contributed by atoms with van der Waals surface area (Å²) in [6.45, 7) is 0. The Balaban J connectivity index is 2.04. The second-order valence-electron chi connectivity index (χ2n) is 4.86. The molecule has 1 aromatic carbocycles. The van der Waals surface area contributed by atoms with Gasteiger partial charge in [-0.2, -0.15) is 0 Å². The highest BCUT2D eigenvalue weighted by Gasteiger charge is 2.23. The van der Waals surface area contributed by atoms with Crippen LogP contribution < -0.4 is 11.1 Å². The Morgan fingerprint density at radius 3 is 2.72 bits per heavy atom. The van der Waals surface area contributed by atoms with Crippen LogP contribution in [0.3, 0.4) is 0 Å². The zero-order valence-corrected chi connectivity index (χ0v) is 11.1. The first-order valence-electron chi connectivity index (χ1n) is 6.49. The minimum absolute atomic E-state index is 0.0546. The molecule has 0 saturated heterocycles. The molecule has 0 spiro atoms. The zero-order valence-electron chi connectivity index (χ0n) is 10.4.